The van der Waals surface area contributed by atoms with Crippen molar-refractivity contribution in [2.45, 2.75) is 19.3 Å². The van der Waals surface area contributed by atoms with Crippen molar-refractivity contribution in [3.8, 4) is 39.1 Å². The van der Waals surface area contributed by atoms with Crippen molar-refractivity contribution in [2.75, 3.05) is 4.90 Å². The fourth-order valence-electron chi connectivity index (χ4n) is 11.7. The number of hydrogen-bond acceptors (Lipinski definition) is 1. The predicted octanol–water partition coefficient (Wildman–Crippen LogP) is 18.5. The zero-order valence-electron chi connectivity index (χ0n) is 38.5. The van der Waals surface area contributed by atoms with Gasteiger partial charge in [0.05, 0.1) is 11.0 Å². The lowest BCUT2D eigenvalue weighted by Gasteiger charge is -2.28. The van der Waals surface area contributed by atoms with Gasteiger partial charge in [0.25, 0.3) is 0 Å². The van der Waals surface area contributed by atoms with Gasteiger partial charge in [-0.1, -0.05) is 184 Å². The topological polar surface area (TPSA) is 8.17 Å². The van der Waals surface area contributed by atoms with Gasteiger partial charge >= 0.3 is 0 Å². The molecule has 0 fully saturated rings. The van der Waals surface area contributed by atoms with Gasteiger partial charge in [-0.15, -0.1) is 0 Å². The molecule has 14 rings (SSSR count). The molecule has 0 spiro atoms. The van der Waals surface area contributed by atoms with Crippen LogP contribution in [0.1, 0.15) is 25.0 Å². The summed E-state index contributed by atoms with van der Waals surface area (Å²) < 4.78 is 2.44. The lowest BCUT2D eigenvalue weighted by Crippen LogP contribution is -2.16. The first-order valence-corrected chi connectivity index (χ1v) is 24.1. The minimum Gasteiger partial charge on any atom is -0.310 e. The second kappa shape index (κ2) is 15.2. The van der Waals surface area contributed by atoms with Gasteiger partial charge in [0.1, 0.15) is 0 Å². The van der Waals surface area contributed by atoms with Gasteiger partial charge in [-0.25, -0.2) is 0 Å². The smallest absolute Gasteiger partial charge is 0.0547 e. The molecule has 69 heavy (non-hydrogen) atoms. The van der Waals surface area contributed by atoms with Gasteiger partial charge in [-0.3, -0.25) is 0 Å². The van der Waals surface area contributed by atoms with E-state index in [2.05, 4.69) is 266 Å². The molecule has 0 amide bonds. The fraction of sp³-hybridized carbons (Fsp3) is 0.0448. The third-order valence-electron chi connectivity index (χ3n) is 15.1. The number of aromatic nitrogens is 1. The standard InChI is InChI=1S/C67H46N2/c1-67(2)63-26-13-12-25-58(63)59-35-33-52(42-64(59)67)68(51-32-34-57-55-23-9-8-21-53(55)54-22-10-11-24-56(54)60(57)41-51)49-30-27-44(28-31-49)48-29-36-65-61(39-48)62-38-46-17-6-7-18-47(46)40-66(62)69(65)50-20-14-19-45(37-50)43-15-4-3-5-16-43/h3-42H,1-2H3. The molecule has 0 unspecified atom stereocenters. The molecule has 1 aromatic heterocycles. The second-order valence-electron chi connectivity index (χ2n) is 19.3. The molecule has 0 radical (unpaired) electrons. The summed E-state index contributed by atoms with van der Waals surface area (Å²) in [4.78, 5) is 2.46. The Morgan fingerprint density at radius 1 is 0.304 bits per heavy atom. The molecule has 12 aromatic carbocycles. The quantitative estimate of drug-likeness (QED) is 0.151. The summed E-state index contributed by atoms with van der Waals surface area (Å²) in [6.07, 6.45) is 0. The molecular weight excluding hydrogens is 833 g/mol. The first-order chi connectivity index (χ1) is 34.0. The van der Waals surface area contributed by atoms with Gasteiger partial charge in [0.15, 0.2) is 0 Å². The van der Waals surface area contributed by atoms with Gasteiger partial charge in [0, 0.05) is 38.9 Å². The molecular formula is C67H46N2. The van der Waals surface area contributed by atoms with E-state index in [1.54, 1.807) is 0 Å². The van der Waals surface area contributed by atoms with Crippen molar-refractivity contribution < 1.29 is 0 Å². The molecule has 0 N–H and O–H groups in total. The molecule has 0 saturated carbocycles. The SMILES string of the molecule is CC1(C)c2ccccc2-c2ccc(N(c3ccc(-c4ccc5c(c4)c4cc6ccccc6cc4n5-c4cccc(-c5ccccc5)c4)cc3)c3ccc4c5ccccc5c5ccccc5c4c3)cc21. The minimum atomic E-state index is -0.130. The Morgan fingerprint density at radius 3 is 1.61 bits per heavy atom. The van der Waals surface area contributed by atoms with Gasteiger partial charge in [-0.05, 0) is 160 Å². The lowest BCUT2D eigenvalue weighted by atomic mass is 9.82. The van der Waals surface area contributed by atoms with E-state index in [4.69, 9.17) is 0 Å². The summed E-state index contributed by atoms with van der Waals surface area (Å²) >= 11 is 0. The predicted molar refractivity (Wildman–Crippen MR) is 294 cm³/mol. The largest absolute Gasteiger partial charge is 0.310 e. The summed E-state index contributed by atoms with van der Waals surface area (Å²) in [5, 5.41) is 12.6. The van der Waals surface area contributed by atoms with Crippen molar-refractivity contribution in [1.29, 1.82) is 0 Å². The van der Waals surface area contributed by atoms with E-state index in [9.17, 15) is 0 Å². The highest BCUT2D eigenvalue weighted by Gasteiger charge is 2.36. The summed E-state index contributed by atoms with van der Waals surface area (Å²) in [6, 6.07) is 90.1. The van der Waals surface area contributed by atoms with Gasteiger partial charge < -0.3 is 9.47 Å². The molecule has 324 valence electrons. The highest BCUT2D eigenvalue weighted by Crippen LogP contribution is 2.51. The average Bonchev–Trinajstić information content (AvgIpc) is 3.85. The van der Waals surface area contributed by atoms with Gasteiger partial charge in [0.2, 0.25) is 0 Å². The van der Waals surface area contributed by atoms with E-state index in [1.807, 2.05) is 0 Å². The molecule has 2 nitrogen and oxygen atoms in total. The zero-order valence-corrected chi connectivity index (χ0v) is 38.5. The Balaban J connectivity index is 0.925. The van der Waals surface area contributed by atoms with Crippen molar-refractivity contribution in [2.24, 2.45) is 0 Å². The third kappa shape index (κ3) is 6.12. The number of hydrogen-bond donors (Lipinski definition) is 0. The number of benzene rings is 12. The van der Waals surface area contributed by atoms with Crippen LogP contribution in [0.5, 0.6) is 0 Å². The number of anilines is 3. The van der Waals surface area contributed by atoms with Crippen LogP contribution in [0.15, 0.2) is 243 Å². The van der Waals surface area contributed by atoms with Crippen molar-refractivity contribution in [3.63, 3.8) is 0 Å². The molecule has 0 atom stereocenters. The maximum atomic E-state index is 2.46. The van der Waals surface area contributed by atoms with Crippen molar-refractivity contribution in [1.82, 2.24) is 4.57 Å². The van der Waals surface area contributed by atoms with E-state index in [1.165, 1.54) is 109 Å². The minimum absolute atomic E-state index is 0.130. The number of fused-ring (bicyclic) bond motifs is 13. The summed E-state index contributed by atoms with van der Waals surface area (Å²) in [7, 11) is 0. The van der Waals surface area contributed by atoms with Crippen LogP contribution in [-0.2, 0) is 5.41 Å². The van der Waals surface area contributed by atoms with E-state index < -0.39 is 0 Å². The Hall–Kier alpha value is -8.72. The molecule has 0 saturated heterocycles. The van der Waals surface area contributed by atoms with Crippen LogP contribution < -0.4 is 4.90 Å². The van der Waals surface area contributed by atoms with Gasteiger partial charge in [-0.2, -0.15) is 0 Å². The molecule has 0 aliphatic heterocycles. The van der Waals surface area contributed by atoms with Crippen LogP contribution in [0, 0.1) is 0 Å². The summed E-state index contributed by atoms with van der Waals surface area (Å²) in [5.41, 5.74) is 17.0. The maximum Gasteiger partial charge on any atom is 0.0547 e. The van der Waals surface area contributed by atoms with E-state index in [0.717, 1.165) is 22.7 Å². The molecule has 2 heteroatoms. The van der Waals surface area contributed by atoms with E-state index in [-0.39, 0.29) is 5.41 Å². The Kier molecular flexibility index (Phi) is 8.66. The number of nitrogens with zero attached hydrogens (tertiary/aromatic N) is 2. The normalized spacial score (nSPS) is 12.9. The number of rotatable bonds is 6. The van der Waals surface area contributed by atoms with Crippen LogP contribution in [-0.4, -0.2) is 4.57 Å². The van der Waals surface area contributed by atoms with Crippen LogP contribution in [0.3, 0.4) is 0 Å². The third-order valence-corrected chi connectivity index (χ3v) is 15.1. The van der Waals surface area contributed by atoms with Crippen molar-refractivity contribution in [3.05, 3.63) is 254 Å². The van der Waals surface area contributed by atoms with E-state index >= 15 is 0 Å². The van der Waals surface area contributed by atoms with Crippen LogP contribution in [0.25, 0.3) is 104 Å². The molecule has 1 heterocycles. The fourth-order valence-corrected chi connectivity index (χ4v) is 11.7. The second-order valence-corrected chi connectivity index (χ2v) is 19.3. The highest BCUT2D eigenvalue weighted by atomic mass is 15.1. The van der Waals surface area contributed by atoms with Crippen LogP contribution >= 0.6 is 0 Å². The van der Waals surface area contributed by atoms with E-state index in [0.29, 0.717) is 0 Å². The Morgan fingerprint density at radius 2 is 0.841 bits per heavy atom. The summed E-state index contributed by atoms with van der Waals surface area (Å²) in [5.74, 6) is 0. The lowest BCUT2D eigenvalue weighted by molar-refractivity contribution is 0.660. The first-order valence-electron chi connectivity index (χ1n) is 24.1. The highest BCUT2D eigenvalue weighted by molar-refractivity contribution is 6.26. The monoisotopic (exact) mass is 878 g/mol. The Bertz CT molecular complexity index is 4180. The molecule has 13 aromatic rings. The average molecular weight is 879 g/mol. The first kappa shape index (κ1) is 39.4. The van der Waals surface area contributed by atoms with Crippen molar-refractivity contribution >= 4 is 82.0 Å². The van der Waals surface area contributed by atoms with Crippen LogP contribution in [0.2, 0.25) is 0 Å². The zero-order chi connectivity index (χ0) is 45.8. The molecule has 1 aliphatic carbocycles. The Labute approximate surface area is 401 Å². The molecule has 1 aliphatic rings. The molecule has 0 bridgehead atoms. The van der Waals surface area contributed by atoms with Crippen LogP contribution in [0.4, 0.5) is 17.1 Å². The summed E-state index contributed by atoms with van der Waals surface area (Å²) in [6.45, 7) is 4.73. The maximum absolute atomic E-state index is 2.46.